The minimum atomic E-state index is -0.659. The van der Waals surface area contributed by atoms with Crippen molar-refractivity contribution >= 4 is 11.9 Å². The van der Waals surface area contributed by atoms with Crippen LogP contribution >= 0.6 is 0 Å². The van der Waals surface area contributed by atoms with Gasteiger partial charge in [0.2, 0.25) is 5.91 Å². The molecule has 0 rings (SSSR count). The lowest BCUT2D eigenvalue weighted by Gasteiger charge is -2.22. The summed E-state index contributed by atoms with van der Waals surface area (Å²) in [5.74, 6) is -0.0131. The average molecular weight is 1100 g/mol. The Morgan fingerprint density at radius 2 is 0.603 bits per heavy atom. The third-order valence-corrected chi connectivity index (χ3v) is 17.1. The zero-order chi connectivity index (χ0) is 56.4. The summed E-state index contributed by atoms with van der Waals surface area (Å²) in [4.78, 5) is 24.6. The number of hydrogen-bond acceptors (Lipinski definition) is 5. The second kappa shape index (κ2) is 68.1. The van der Waals surface area contributed by atoms with E-state index in [4.69, 9.17) is 4.74 Å². The molecule has 0 spiro atoms. The van der Waals surface area contributed by atoms with Crippen LogP contribution in [0.3, 0.4) is 0 Å². The molecule has 0 saturated carbocycles. The van der Waals surface area contributed by atoms with Gasteiger partial charge in [-0.1, -0.05) is 360 Å². The van der Waals surface area contributed by atoms with Crippen LogP contribution in [0, 0.1) is 0 Å². The maximum Gasteiger partial charge on any atom is 0.305 e. The first-order chi connectivity index (χ1) is 38.5. The largest absolute Gasteiger partial charge is 0.466 e. The molecular weight excluding hydrogens is 959 g/mol. The topological polar surface area (TPSA) is 95.9 Å². The molecule has 2 atom stereocenters. The SMILES string of the molecule is CCCCCCCCC/C=C\CCCCCCCC(=O)OCCCCCCCCCCCCCCCCCCCCCCCCCCCCCCCCCCCC(=O)NC(CO)C(O)CCCCCCCCCCCCCC. The molecular formula is C72H141NO5. The number of esters is 1. The highest BCUT2D eigenvalue weighted by molar-refractivity contribution is 5.76. The molecule has 0 aliphatic heterocycles. The summed E-state index contributed by atoms with van der Waals surface area (Å²) in [6.07, 6.45) is 84.2. The van der Waals surface area contributed by atoms with Crippen molar-refractivity contribution in [3.05, 3.63) is 12.2 Å². The van der Waals surface area contributed by atoms with Crippen LogP contribution in [0.1, 0.15) is 412 Å². The summed E-state index contributed by atoms with van der Waals surface area (Å²) >= 11 is 0. The number of rotatable bonds is 68. The number of unbranched alkanes of at least 4 members (excludes halogenated alkanes) is 55. The summed E-state index contributed by atoms with van der Waals surface area (Å²) < 4.78 is 5.50. The normalized spacial score (nSPS) is 12.5. The van der Waals surface area contributed by atoms with Crippen molar-refractivity contribution in [1.82, 2.24) is 5.32 Å². The van der Waals surface area contributed by atoms with Crippen molar-refractivity contribution < 1.29 is 24.5 Å². The Morgan fingerprint density at radius 3 is 0.910 bits per heavy atom. The van der Waals surface area contributed by atoms with Crippen LogP contribution in [0.2, 0.25) is 0 Å². The first-order valence-corrected chi connectivity index (χ1v) is 35.9. The second-order valence-electron chi connectivity index (χ2n) is 24.9. The number of aliphatic hydroxyl groups is 2. The lowest BCUT2D eigenvalue weighted by molar-refractivity contribution is -0.143. The lowest BCUT2D eigenvalue weighted by atomic mass is 10.0. The number of allylic oxidation sites excluding steroid dienone is 2. The predicted molar refractivity (Wildman–Crippen MR) is 343 cm³/mol. The number of nitrogens with one attached hydrogen (secondary N) is 1. The molecule has 6 nitrogen and oxygen atoms in total. The van der Waals surface area contributed by atoms with Crippen LogP contribution in [-0.4, -0.2) is 47.4 Å². The molecule has 0 bridgehead atoms. The minimum Gasteiger partial charge on any atom is -0.466 e. The fourth-order valence-electron chi connectivity index (χ4n) is 11.6. The van der Waals surface area contributed by atoms with Crippen LogP contribution < -0.4 is 5.32 Å². The standard InChI is InChI=1S/C72H141NO5/c1-3-5-7-9-11-13-15-17-18-39-42-46-50-54-58-62-66-72(77)78-67-63-59-55-51-47-43-40-37-35-33-31-29-27-25-23-21-19-20-22-24-26-28-30-32-34-36-38-41-45-49-53-57-61-65-71(76)73-69(68-74)70(75)64-60-56-52-48-44-16-14-12-10-8-6-4-2/h18,39,69-70,74-75H,3-17,19-38,40-68H2,1-2H3,(H,73,76)/b39-18-. The second-order valence-corrected chi connectivity index (χ2v) is 24.9. The quantitative estimate of drug-likeness (QED) is 0.0320. The summed E-state index contributed by atoms with van der Waals surface area (Å²) in [5.41, 5.74) is 0. The van der Waals surface area contributed by atoms with E-state index < -0.39 is 12.1 Å². The number of ether oxygens (including phenoxy) is 1. The molecule has 0 aliphatic rings. The van der Waals surface area contributed by atoms with E-state index in [1.165, 1.54) is 334 Å². The molecule has 464 valence electrons. The van der Waals surface area contributed by atoms with Gasteiger partial charge in [0, 0.05) is 12.8 Å². The van der Waals surface area contributed by atoms with E-state index in [1.807, 2.05) is 0 Å². The number of hydrogen-bond donors (Lipinski definition) is 3. The molecule has 6 heteroatoms. The monoisotopic (exact) mass is 1100 g/mol. The van der Waals surface area contributed by atoms with Gasteiger partial charge >= 0.3 is 5.97 Å². The fourth-order valence-corrected chi connectivity index (χ4v) is 11.6. The summed E-state index contributed by atoms with van der Waals surface area (Å²) in [5, 5.41) is 23.3. The van der Waals surface area contributed by atoms with Gasteiger partial charge in [-0.2, -0.15) is 0 Å². The predicted octanol–water partition coefficient (Wildman–Crippen LogP) is 23.1. The van der Waals surface area contributed by atoms with Crippen molar-refractivity contribution in [3.8, 4) is 0 Å². The molecule has 3 N–H and O–H groups in total. The molecule has 0 aromatic heterocycles. The van der Waals surface area contributed by atoms with Crippen LogP contribution in [0.15, 0.2) is 12.2 Å². The van der Waals surface area contributed by atoms with E-state index in [9.17, 15) is 19.8 Å². The third-order valence-electron chi connectivity index (χ3n) is 17.1. The zero-order valence-corrected chi connectivity index (χ0v) is 53.2. The van der Waals surface area contributed by atoms with E-state index in [-0.39, 0.29) is 18.5 Å². The van der Waals surface area contributed by atoms with Gasteiger partial charge in [-0.25, -0.2) is 0 Å². The Balaban J connectivity index is 3.29. The van der Waals surface area contributed by atoms with Crippen LogP contribution in [0.5, 0.6) is 0 Å². The molecule has 0 aromatic rings. The highest BCUT2D eigenvalue weighted by Crippen LogP contribution is 2.19. The van der Waals surface area contributed by atoms with Crippen LogP contribution in [0.4, 0.5) is 0 Å². The van der Waals surface area contributed by atoms with E-state index in [2.05, 4.69) is 31.3 Å². The Bertz CT molecular complexity index is 1180. The molecule has 0 fully saturated rings. The number of aliphatic hydroxyl groups excluding tert-OH is 2. The Hall–Kier alpha value is -1.40. The first-order valence-electron chi connectivity index (χ1n) is 35.9. The maximum absolute atomic E-state index is 12.5. The van der Waals surface area contributed by atoms with Gasteiger partial charge < -0.3 is 20.3 Å². The molecule has 2 unspecified atom stereocenters. The third kappa shape index (κ3) is 63.8. The number of carbonyl (C=O) groups excluding carboxylic acids is 2. The Labute approximate surface area is 489 Å². The molecule has 78 heavy (non-hydrogen) atoms. The van der Waals surface area contributed by atoms with E-state index in [0.29, 0.717) is 25.9 Å². The molecule has 0 radical (unpaired) electrons. The fraction of sp³-hybridized carbons (Fsp3) is 0.944. The summed E-state index contributed by atoms with van der Waals surface area (Å²) in [6.45, 7) is 4.98. The smallest absolute Gasteiger partial charge is 0.305 e. The molecule has 0 aliphatic carbocycles. The molecule has 1 amide bonds. The zero-order valence-electron chi connectivity index (χ0n) is 53.2. The van der Waals surface area contributed by atoms with Gasteiger partial charge in [-0.15, -0.1) is 0 Å². The Kier molecular flexibility index (Phi) is 66.9. The van der Waals surface area contributed by atoms with Crippen molar-refractivity contribution in [3.63, 3.8) is 0 Å². The van der Waals surface area contributed by atoms with Gasteiger partial charge in [-0.05, 0) is 51.4 Å². The van der Waals surface area contributed by atoms with Gasteiger partial charge in [0.25, 0.3) is 0 Å². The van der Waals surface area contributed by atoms with E-state index >= 15 is 0 Å². The highest BCUT2D eigenvalue weighted by Gasteiger charge is 2.20. The number of carbonyl (C=O) groups is 2. The lowest BCUT2D eigenvalue weighted by Crippen LogP contribution is -2.45. The molecule has 0 aromatic carbocycles. The van der Waals surface area contributed by atoms with Gasteiger partial charge in [0.05, 0.1) is 25.4 Å². The average Bonchev–Trinajstić information content (AvgIpc) is 3.44. The van der Waals surface area contributed by atoms with Crippen molar-refractivity contribution in [1.29, 1.82) is 0 Å². The minimum absolute atomic E-state index is 0.0152. The van der Waals surface area contributed by atoms with Crippen molar-refractivity contribution in [2.45, 2.75) is 424 Å². The number of amides is 1. The summed E-state index contributed by atoms with van der Waals surface area (Å²) in [7, 11) is 0. The summed E-state index contributed by atoms with van der Waals surface area (Å²) in [6, 6.07) is -0.536. The van der Waals surface area contributed by atoms with Gasteiger partial charge in [0.15, 0.2) is 0 Å². The Morgan fingerprint density at radius 1 is 0.346 bits per heavy atom. The van der Waals surface area contributed by atoms with Gasteiger partial charge in [-0.3, -0.25) is 9.59 Å². The van der Waals surface area contributed by atoms with Crippen molar-refractivity contribution in [2.75, 3.05) is 13.2 Å². The van der Waals surface area contributed by atoms with Gasteiger partial charge in [0.1, 0.15) is 0 Å². The maximum atomic E-state index is 12.5. The first kappa shape index (κ1) is 76.6. The molecule has 0 heterocycles. The van der Waals surface area contributed by atoms with E-state index in [0.717, 1.165) is 44.9 Å². The molecule has 0 saturated heterocycles. The van der Waals surface area contributed by atoms with Crippen LogP contribution in [-0.2, 0) is 14.3 Å². The van der Waals surface area contributed by atoms with Crippen molar-refractivity contribution in [2.24, 2.45) is 0 Å². The van der Waals surface area contributed by atoms with E-state index in [1.54, 1.807) is 0 Å². The highest BCUT2D eigenvalue weighted by atomic mass is 16.5. The van der Waals surface area contributed by atoms with Crippen LogP contribution in [0.25, 0.3) is 0 Å².